The summed E-state index contributed by atoms with van der Waals surface area (Å²) in [5, 5.41) is 22.1. The molecule has 0 aliphatic heterocycles. The summed E-state index contributed by atoms with van der Waals surface area (Å²) in [4.78, 5) is 50.3. The Labute approximate surface area is 223 Å². The Kier molecular flexibility index (Phi) is 9.42. The number of benzene rings is 3. The minimum absolute atomic E-state index is 0.0691. The van der Waals surface area contributed by atoms with Gasteiger partial charge < -0.3 is 20.3 Å². The number of rotatable bonds is 10. The molecule has 1 atom stereocenters. The number of aromatic hydroxyl groups is 1. The number of carbonyl (C=O) groups excluding carboxylic acids is 3. The van der Waals surface area contributed by atoms with Crippen LogP contribution in [0.2, 0.25) is 5.02 Å². The number of halogens is 1. The number of amides is 3. The molecule has 0 bridgehead atoms. The van der Waals surface area contributed by atoms with Crippen LogP contribution in [0.1, 0.15) is 38.8 Å². The molecule has 3 aromatic rings. The number of hydrogen-bond donors (Lipinski definition) is 4. The zero-order valence-electron chi connectivity index (χ0n) is 20.6. The second-order valence-corrected chi connectivity index (χ2v) is 8.70. The van der Waals surface area contributed by atoms with Crippen molar-refractivity contribution in [1.82, 2.24) is 15.8 Å². The van der Waals surface area contributed by atoms with Gasteiger partial charge in [0.05, 0.1) is 24.1 Å². The molecule has 11 heteroatoms. The molecule has 38 heavy (non-hydrogen) atoms. The van der Waals surface area contributed by atoms with E-state index in [1.54, 1.807) is 36.4 Å². The van der Waals surface area contributed by atoms with Gasteiger partial charge in [-0.1, -0.05) is 35.9 Å². The van der Waals surface area contributed by atoms with Gasteiger partial charge in [0.25, 0.3) is 11.8 Å². The van der Waals surface area contributed by atoms with Crippen molar-refractivity contribution < 1.29 is 34.1 Å². The van der Waals surface area contributed by atoms with Crippen LogP contribution in [0.3, 0.4) is 0 Å². The first-order valence-corrected chi connectivity index (χ1v) is 11.8. The molecule has 0 saturated heterocycles. The second-order valence-electron chi connectivity index (χ2n) is 8.30. The van der Waals surface area contributed by atoms with Gasteiger partial charge in [-0.15, -0.1) is 0 Å². The van der Waals surface area contributed by atoms with Crippen molar-refractivity contribution in [3.63, 3.8) is 0 Å². The third-order valence-corrected chi connectivity index (χ3v) is 5.80. The number of ether oxygens (including phenoxy) is 1. The zero-order chi connectivity index (χ0) is 27.8. The summed E-state index contributed by atoms with van der Waals surface area (Å²) in [5.74, 6) is -2.68. The van der Waals surface area contributed by atoms with Crippen LogP contribution in [0.25, 0.3) is 0 Å². The molecule has 0 radical (unpaired) electrons. The van der Waals surface area contributed by atoms with Gasteiger partial charge in [0, 0.05) is 12.1 Å². The fraction of sp³-hybridized carbons (Fsp3) is 0.185. The van der Waals surface area contributed by atoms with Gasteiger partial charge in [-0.25, -0.2) is 10.4 Å². The average Bonchev–Trinajstić information content (AvgIpc) is 2.90. The number of hydrazine groups is 1. The normalized spacial score (nSPS) is 11.3. The number of carboxylic acid groups (broad SMARTS) is 1. The molecule has 0 unspecified atom stereocenters. The largest absolute Gasteiger partial charge is 0.508 e. The second kappa shape index (κ2) is 12.7. The lowest BCUT2D eigenvalue weighted by Gasteiger charge is -2.24. The molecular formula is C27H26ClN3O7. The molecule has 0 fully saturated rings. The molecule has 0 heterocycles. The van der Waals surface area contributed by atoms with Crippen molar-refractivity contribution in [2.24, 2.45) is 0 Å². The summed E-state index contributed by atoms with van der Waals surface area (Å²) in [6, 6.07) is 15.7. The van der Waals surface area contributed by atoms with Crippen LogP contribution in [-0.2, 0) is 22.6 Å². The van der Waals surface area contributed by atoms with Gasteiger partial charge in [-0.05, 0) is 60.5 Å². The van der Waals surface area contributed by atoms with Crippen LogP contribution >= 0.6 is 11.6 Å². The smallest absolute Gasteiger partial charge is 0.322 e. The number of nitrogens with zero attached hydrogens (tertiary/aromatic N) is 1. The van der Waals surface area contributed by atoms with E-state index >= 15 is 0 Å². The monoisotopic (exact) mass is 539 g/mol. The third kappa shape index (κ3) is 7.31. The average molecular weight is 540 g/mol. The molecule has 0 spiro atoms. The van der Waals surface area contributed by atoms with E-state index in [9.17, 15) is 29.4 Å². The highest BCUT2D eigenvalue weighted by molar-refractivity contribution is 6.34. The topological polar surface area (TPSA) is 145 Å². The molecular weight excluding hydrogens is 514 g/mol. The van der Waals surface area contributed by atoms with Crippen molar-refractivity contribution in [3.8, 4) is 11.5 Å². The quantitative estimate of drug-likeness (QED) is 0.287. The molecule has 0 aromatic heterocycles. The Morgan fingerprint density at radius 1 is 1.00 bits per heavy atom. The van der Waals surface area contributed by atoms with Crippen LogP contribution in [0.5, 0.6) is 11.5 Å². The van der Waals surface area contributed by atoms with Gasteiger partial charge in [-0.2, -0.15) is 0 Å². The van der Waals surface area contributed by atoms with Crippen LogP contribution < -0.4 is 15.5 Å². The molecule has 3 rings (SSSR count). The predicted octanol–water partition coefficient (Wildman–Crippen LogP) is 3.17. The minimum atomic E-state index is -1.27. The summed E-state index contributed by atoms with van der Waals surface area (Å²) in [5.41, 5.74) is 3.73. The number of nitrogens with one attached hydrogen (secondary N) is 2. The highest BCUT2D eigenvalue weighted by Gasteiger charge is 2.28. The fourth-order valence-electron chi connectivity index (χ4n) is 3.39. The maximum atomic E-state index is 13.3. The molecule has 0 saturated carbocycles. The highest BCUT2D eigenvalue weighted by Crippen LogP contribution is 2.21. The van der Waals surface area contributed by atoms with Crippen molar-refractivity contribution in [3.05, 3.63) is 94.0 Å². The number of methoxy groups -OCH3 is 1. The van der Waals surface area contributed by atoms with Gasteiger partial charge in [0.1, 0.15) is 17.5 Å². The van der Waals surface area contributed by atoms with Crippen LogP contribution in [0.15, 0.2) is 66.7 Å². The van der Waals surface area contributed by atoms with Crippen LogP contribution in [0, 0.1) is 0 Å². The fourth-order valence-corrected chi connectivity index (χ4v) is 3.65. The molecule has 198 valence electrons. The first kappa shape index (κ1) is 28.2. The lowest BCUT2D eigenvalue weighted by atomic mass is 10.1. The number of phenolic OH excluding ortho intramolecular Hbond substituents is 1. The number of hydrogen-bond acceptors (Lipinski definition) is 7. The highest BCUT2D eigenvalue weighted by atomic mass is 35.5. The summed E-state index contributed by atoms with van der Waals surface area (Å²) >= 11 is 6.32. The van der Waals surface area contributed by atoms with E-state index in [-0.39, 0.29) is 34.9 Å². The first-order chi connectivity index (χ1) is 18.1. The first-order valence-electron chi connectivity index (χ1n) is 11.4. The van der Waals surface area contributed by atoms with Crippen molar-refractivity contribution in [2.45, 2.75) is 25.9 Å². The van der Waals surface area contributed by atoms with Crippen molar-refractivity contribution in [2.75, 3.05) is 7.11 Å². The van der Waals surface area contributed by atoms with Gasteiger partial charge in [0.15, 0.2) is 0 Å². The standard InChI is InChI=1S/C27H26ClN3O7/c1-16(27(36)37)30-31(24(33)13-17-6-9-21(38-2)10-7-17)26(35)22-11-8-19(14-23(22)28)25(34)29-15-18-4-3-5-20(32)12-18/h3-12,14,16,30,32H,13,15H2,1-2H3,(H,29,34)(H,36,37)/t16-/m0/s1. The van der Waals surface area contributed by atoms with E-state index in [0.29, 0.717) is 21.9 Å². The Balaban J connectivity index is 1.78. The van der Waals surface area contributed by atoms with Gasteiger partial charge in [0.2, 0.25) is 5.91 Å². The summed E-state index contributed by atoms with van der Waals surface area (Å²) in [6.07, 6.45) is -0.206. The summed E-state index contributed by atoms with van der Waals surface area (Å²) < 4.78 is 5.10. The molecule has 10 nitrogen and oxygen atoms in total. The molecule has 3 amide bonds. The molecule has 3 aromatic carbocycles. The Morgan fingerprint density at radius 2 is 1.71 bits per heavy atom. The Bertz CT molecular complexity index is 1340. The number of phenols is 1. The SMILES string of the molecule is COc1ccc(CC(=O)N(N[C@@H](C)C(=O)O)C(=O)c2ccc(C(=O)NCc3cccc(O)c3)cc2Cl)cc1. The maximum Gasteiger partial charge on any atom is 0.322 e. The number of carboxylic acids is 1. The van der Waals surface area contributed by atoms with Gasteiger partial charge >= 0.3 is 5.97 Å². The Hall–Kier alpha value is -4.41. The lowest BCUT2D eigenvalue weighted by molar-refractivity contribution is -0.141. The maximum absolute atomic E-state index is 13.3. The molecule has 4 N–H and O–H groups in total. The lowest BCUT2D eigenvalue weighted by Crippen LogP contribution is -2.53. The molecule has 0 aliphatic rings. The number of imide groups is 1. The van der Waals surface area contributed by atoms with E-state index in [2.05, 4.69) is 10.7 Å². The van der Waals surface area contributed by atoms with Crippen LogP contribution in [0.4, 0.5) is 0 Å². The van der Waals surface area contributed by atoms with Crippen molar-refractivity contribution >= 4 is 35.3 Å². The van der Waals surface area contributed by atoms with E-state index < -0.39 is 29.7 Å². The number of carbonyl (C=O) groups is 4. The van der Waals surface area contributed by atoms with Crippen LogP contribution in [-0.4, -0.2) is 52.1 Å². The van der Waals surface area contributed by atoms with E-state index in [1.807, 2.05) is 0 Å². The van der Waals surface area contributed by atoms with E-state index in [1.165, 1.54) is 44.4 Å². The summed E-state index contributed by atoms with van der Waals surface area (Å²) in [7, 11) is 1.51. The van der Waals surface area contributed by atoms with E-state index in [4.69, 9.17) is 16.3 Å². The minimum Gasteiger partial charge on any atom is -0.508 e. The Morgan fingerprint density at radius 3 is 2.32 bits per heavy atom. The molecule has 0 aliphatic carbocycles. The van der Waals surface area contributed by atoms with Crippen molar-refractivity contribution in [1.29, 1.82) is 0 Å². The number of aliphatic carboxylic acids is 1. The predicted molar refractivity (Wildman–Crippen MR) is 139 cm³/mol. The third-order valence-electron chi connectivity index (χ3n) is 5.49. The van der Waals surface area contributed by atoms with Gasteiger partial charge in [-0.3, -0.25) is 19.2 Å². The zero-order valence-corrected chi connectivity index (χ0v) is 21.4. The summed E-state index contributed by atoms with van der Waals surface area (Å²) in [6.45, 7) is 1.43. The van der Waals surface area contributed by atoms with E-state index in [0.717, 1.165) is 0 Å².